The molecule has 0 heterocycles. The number of hydrogen-bond acceptors (Lipinski definition) is 4. The number of benzene rings is 3. The number of ether oxygens (including phenoxy) is 1. The van der Waals surface area contributed by atoms with E-state index in [-0.39, 0.29) is 18.1 Å². The molecule has 3 aromatic carbocycles. The Bertz CT molecular complexity index is 853. The number of aliphatic hydroxyl groups is 1. The van der Waals surface area contributed by atoms with Gasteiger partial charge in [-0.3, -0.25) is 0 Å². The molecule has 0 unspecified atom stereocenters. The van der Waals surface area contributed by atoms with Crippen LogP contribution in [-0.2, 0) is 6.61 Å². The van der Waals surface area contributed by atoms with Crippen LogP contribution in [0, 0.1) is 6.92 Å². The summed E-state index contributed by atoms with van der Waals surface area (Å²) in [6.45, 7) is 1.64. The third-order valence-corrected chi connectivity index (χ3v) is 3.81. The summed E-state index contributed by atoms with van der Waals surface area (Å²) in [6.07, 6.45) is 0. The molecule has 0 amide bonds. The van der Waals surface area contributed by atoms with E-state index in [1.54, 1.807) is 19.2 Å². The molecule has 0 atom stereocenters. The van der Waals surface area contributed by atoms with Gasteiger partial charge in [-0.1, -0.05) is 0 Å². The molecule has 0 spiro atoms. The third-order valence-electron chi connectivity index (χ3n) is 3.81. The van der Waals surface area contributed by atoms with Gasteiger partial charge in [-0.2, -0.15) is 0 Å². The Balaban J connectivity index is 2.57. The summed E-state index contributed by atoms with van der Waals surface area (Å²) < 4.78 is 5.43. The van der Waals surface area contributed by atoms with Gasteiger partial charge in [0.25, 0.3) is 0 Å². The highest BCUT2D eigenvalue weighted by Crippen LogP contribution is 2.39. The molecule has 0 aliphatic rings. The van der Waals surface area contributed by atoms with Gasteiger partial charge in [0.1, 0.15) is 17.2 Å². The number of rotatable bonds is 2. The van der Waals surface area contributed by atoms with Gasteiger partial charge in [0.2, 0.25) is 0 Å². The number of methoxy groups -OCH3 is 1. The summed E-state index contributed by atoms with van der Waals surface area (Å²) in [5.41, 5.74) is 1.37. The van der Waals surface area contributed by atoms with E-state index in [0.717, 1.165) is 27.1 Å². The zero-order valence-corrected chi connectivity index (χ0v) is 11.8. The van der Waals surface area contributed by atoms with E-state index in [0.29, 0.717) is 11.3 Å². The highest BCUT2D eigenvalue weighted by Gasteiger charge is 2.13. The predicted molar refractivity (Wildman–Crippen MR) is 82.0 cm³/mol. The SMILES string of the molecule is COc1cc2c(CO)cc(O)cc2c2cc(O)c(C)cc12. The summed E-state index contributed by atoms with van der Waals surface area (Å²) in [5.74, 6) is 0.935. The Hall–Kier alpha value is -2.46. The van der Waals surface area contributed by atoms with Crippen LogP contribution in [0.5, 0.6) is 17.2 Å². The monoisotopic (exact) mass is 284 g/mol. The van der Waals surface area contributed by atoms with E-state index in [1.165, 1.54) is 6.07 Å². The van der Waals surface area contributed by atoms with E-state index in [2.05, 4.69) is 0 Å². The highest BCUT2D eigenvalue weighted by molar-refractivity contribution is 6.12. The Labute approximate surface area is 121 Å². The molecule has 0 radical (unpaired) electrons. The Morgan fingerprint density at radius 3 is 2.29 bits per heavy atom. The molecule has 0 aliphatic carbocycles. The smallest absolute Gasteiger partial charge is 0.127 e. The molecule has 0 fully saturated rings. The highest BCUT2D eigenvalue weighted by atomic mass is 16.5. The summed E-state index contributed by atoms with van der Waals surface area (Å²) in [7, 11) is 1.59. The van der Waals surface area contributed by atoms with Crippen LogP contribution in [-0.4, -0.2) is 22.4 Å². The normalized spacial score (nSPS) is 11.2. The van der Waals surface area contributed by atoms with Crippen LogP contribution >= 0.6 is 0 Å². The summed E-state index contributed by atoms with van der Waals surface area (Å²) in [6, 6.07) is 8.52. The molecule has 0 bridgehead atoms. The van der Waals surface area contributed by atoms with Crippen molar-refractivity contribution in [1.82, 2.24) is 0 Å². The van der Waals surface area contributed by atoms with Crippen molar-refractivity contribution in [1.29, 1.82) is 0 Å². The molecule has 0 aromatic heterocycles. The minimum Gasteiger partial charge on any atom is -0.508 e. The van der Waals surface area contributed by atoms with Gasteiger partial charge in [0.05, 0.1) is 13.7 Å². The number of aryl methyl sites for hydroxylation is 1. The van der Waals surface area contributed by atoms with Crippen molar-refractivity contribution in [3.05, 3.63) is 41.5 Å². The van der Waals surface area contributed by atoms with Gasteiger partial charge in [0.15, 0.2) is 0 Å². The first-order valence-electron chi connectivity index (χ1n) is 6.62. The van der Waals surface area contributed by atoms with Gasteiger partial charge in [-0.05, 0) is 64.5 Å². The Kier molecular flexibility index (Phi) is 3.11. The van der Waals surface area contributed by atoms with E-state index in [4.69, 9.17) is 4.74 Å². The molecule has 4 heteroatoms. The number of hydrogen-bond donors (Lipinski definition) is 3. The third kappa shape index (κ3) is 2.04. The van der Waals surface area contributed by atoms with Crippen LogP contribution in [0.15, 0.2) is 30.3 Å². The maximum absolute atomic E-state index is 9.98. The summed E-state index contributed by atoms with van der Waals surface area (Å²) in [5, 5.41) is 32.5. The zero-order chi connectivity index (χ0) is 15.1. The summed E-state index contributed by atoms with van der Waals surface area (Å²) in [4.78, 5) is 0. The second-order valence-corrected chi connectivity index (χ2v) is 5.12. The first-order chi connectivity index (χ1) is 10.0. The Morgan fingerprint density at radius 1 is 0.905 bits per heavy atom. The van der Waals surface area contributed by atoms with Crippen molar-refractivity contribution in [2.75, 3.05) is 7.11 Å². The minimum absolute atomic E-state index is 0.0816. The van der Waals surface area contributed by atoms with Crippen LogP contribution in [0.1, 0.15) is 11.1 Å². The number of phenolic OH excluding ortho intramolecular Hbond substituents is 2. The average Bonchev–Trinajstić information content (AvgIpc) is 2.47. The molecule has 21 heavy (non-hydrogen) atoms. The van der Waals surface area contributed by atoms with Crippen molar-refractivity contribution in [2.45, 2.75) is 13.5 Å². The fourth-order valence-electron chi connectivity index (χ4n) is 2.72. The van der Waals surface area contributed by atoms with E-state index < -0.39 is 0 Å². The van der Waals surface area contributed by atoms with E-state index in [1.807, 2.05) is 19.1 Å². The lowest BCUT2D eigenvalue weighted by molar-refractivity contribution is 0.282. The molecule has 108 valence electrons. The fraction of sp³-hybridized carbons (Fsp3) is 0.176. The first kappa shape index (κ1) is 13.5. The molecule has 3 rings (SSSR count). The standard InChI is InChI=1S/C17H16O4/c1-9-3-15-14(6-16(9)20)13-5-11(19)4-10(8-18)12(13)7-17(15)21-2/h3-7,18-20H,8H2,1-2H3. The molecule has 3 aromatic rings. The number of aromatic hydroxyl groups is 2. The lowest BCUT2D eigenvalue weighted by atomic mass is 9.96. The lowest BCUT2D eigenvalue weighted by Crippen LogP contribution is -1.92. The molecule has 3 N–H and O–H groups in total. The predicted octanol–water partition coefficient (Wildman–Crippen LogP) is 3.21. The lowest BCUT2D eigenvalue weighted by Gasteiger charge is -2.14. The second-order valence-electron chi connectivity index (χ2n) is 5.12. The topological polar surface area (TPSA) is 69.9 Å². The van der Waals surface area contributed by atoms with Crippen LogP contribution in [0.2, 0.25) is 0 Å². The van der Waals surface area contributed by atoms with Crippen molar-refractivity contribution >= 4 is 21.5 Å². The average molecular weight is 284 g/mol. The van der Waals surface area contributed by atoms with Crippen molar-refractivity contribution in [3.8, 4) is 17.2 Å². The molecule has 0 aliphatic heterocycles. The zero-order valence-electron chi connectivity index (χ0n) is 11.8. The quantitative estimate of drug-likeness (QED) is 0.632. The van der Waals surface area contributed by atoms with Crippen molar-refractivity contribution < 1.29 is 20.1 Å². The molecule has 0 saturated heterocycles. The first-order valence-corrected chi connectivity index (χ1v) is 6.62. The number of phenols is 2. The van der Waals surface area contributed by atoms with Crippen LogP contribution in [0.3, 0.4) is 0 Å². The molecule has 4 nitrogen and oxygen atoms in total. The van der Waals surface area contributed by atoms with Crippen molar-refractivity contribution in [2.24, 2.45) is 0 Å². The van der Waals surface area contributed by atoms with E-state index >= 15 is 0 Å². The maximum atomic E-state index is 9.98. The molecular weight excluding hydrogens is 268 g/mol. The molecule has 0 saturated carbocycles. The van der Waals surface area contributed by atoms with Gasteiger partial charge in [-0.25, -0.2) is 0 Å². The van der Waals surface area contributed by atoms with Gasteiger partial charge >= 0.3 is 0 Å². The maximum Gasteiger partial charge on any atom is 0.127 e. The second kappa shape index (κ2) is 4.82. The number of fused-ring (bicyclic) bond motifs is 3. The largest absolute Gasteiger partial charge is 0.508 e. The number of aliphatic hydroxyl groups excluding tert-OH is 1. The van der Waals surface area contributed by atoms with Crippen LogP contribution in [0.4, 0.5) is 0 Å². The van der Waals surface area contributed by atoms with Gasteiger partial charge in [-0.15, -0.1) is 0 Å². The van der Waals surface area contributed by atoms with Gasteiger partial charge in [0, 0.05) is 5.39 Å². The minimum atomic E-state index is -0.183. The van der Waals surface area contributed by atoms with Crippen LogP contribution in [0.25, 0.3) is 21.5 Å². The fourth-order valence-corrected chi connectivity index (χ4v) is 2.72. The molecular formula is C17H16O4. The van der Waals surface area contributed by atoms with Gasteiger partial charge < -0.3 is 20.1 Å². The summed E-state index contributed by atoms with van der Waals surface area (Å²) >= 11 is 0. The van der Waals surface area contributed by atoms with Crippen LogP contribution < -0.4 is 4.74 Å². The van der Waals surface area contributed by atoms with E-state index in [9.17, 15) is 15.3 Å². The van der Waals surface area contributed by atoms with Crippen molar-refractivity contribution in [3.63, 3.8) is 0 Å². The Morgan fingerprint density at radius 2 is 1.62 bits per heavy atom.